The van der Waals surface area contributed by atoms with Gasteiger partial charge in [-0.2, -0.15) is 4.98 Å². The van der Waals surface area contributed by atoms with E-state index in [4.69, 9.17) is 4.52 Å². The van der Waals surface area contributed by atoms with Gasteiger partial charge in [-0.05, 0) is 44.3 Å². The number of rotatable bonds is 6. The zero-order valence-electron chi connectivity index (χ0n) is 15.9. The number of likely N-dealkylation sites (tertiary alicyclic amines) is 1. The number of carbonyl (C=O) groups is 1. The number of benzene rings is 1. The second-order valence-corrected chi connectivity index (χ2v) is 7.36. The smallest absolute Gasteiger partial charge is 0.227 e. The first-order valence-electron chi connectivity index (χ1n) is 9.38. The van der Waals surface area contributed by atoms with Gasteiger partial charge in [-0.3, -0.25) is 9.69 Å². The lowest BCUT2D eigenvalue weighted by Gasteiger charge is -2.37. The number of amides is 1. The van der Waals surface area contributed by atoms with E-state index in [1.165, 1.54) is 24.0 Å². The van der Waals surface area contributed by atoms with Crippen LogP contribution in [-0.4, -0.2) is 40.6 Å². The number of carbonyl (C=O) groups excluding carboxylic acids is 1. The van der Waals surface area contributed by atoms with Gasteiger partial charge in [0.15, 0.2) is 5.82 Å². The Morgan fingerprint density at radius 1 is 1.27 bits per heavy atom. The first-order valence-corrected chi connectivity index (χ1v) is 9.38. The molecule has 140 valence electrons. The van der Waals surface area contributed by atoms with Gasteiger partial charge in [0.25, 0.3) is 0 Å². The summed E-state index contributed by atoms with van der Waals surface area (Å²) in [6.45, 7) is 8.86. The first kappa shape index (κ1) is 18.6. The SMILES string of the molecule is Cc1ccc(C(CNC(=O)Cc2noc(C)n2)N2CCC(C)CC2)cc1. The minimum absolute atomic E-state index is 0.0757. The molecule has 1 fully saturated rings. The maximum absolute atomic E-state index is 12.3. The van der Waals surface area contributed by atoms with Crippen molar-refractivity contribution in [1.29, 1.82) is 0 Å². The van der Waals surface area contributed by atoms with Gasteiger partial charge in [0.1, 0.15) is 0 Å². The zero-order valence-corrected chi connectivity index (χ0v) is 15.9. The number of aryl methyl sites for hydroxylation is 2. The Morgan fingerprint density at radius 2 is 1.96 bits per heavy atom. The summed E-state index contributed by atoms with van der Waals surface area (Å²) in [5.41, 5.74) is 2.50. The van der Waals surface area contributed by atoms with Crippen molar-refractivity contribution in [2.24, 2.45) is 5.92 Å². The topological polar surface area (TPSA) is 71.3 Å². The van der Waals surface area contributed by atoms with Crippen LogP contribution in [0.5, 0.6) is 0 Å². The van der Waals surface area contributed by atoms with Crippen molar-refractivity contribution in [3.8, 4) is 0 Å². The summed E-state index contributed by atoms with van der Waals surface area (Å²) in [4.78, 5) is 18.9. The molecule has 6 heteroatoms. The summed E-state index contributed by atoms with van der Waals surface area (Å²) in [5.74, 6) is 1.61. The average molecular weight is 356 g/mol. The molecular formula is C20H28N4O2. The monoisotopic (exact) mass is 356 g/mol. The second-order valence-electron chi connectivity index (χ2n) is 7.36. The molecule has 2 heterocycles. The van der Waals surface area contributed by atoms with E-state index in [2.05, 4.69) is 58.5 Å². The van der Waals surface area contributed by atoms with Gasteiger partial charge in [-0.25, -0.2) is 0 Å². The van der Waals surface area contributed by atoms with Crippen molar-refractivity contribution in [2.45, 2.75) is 46.1 Å². The van der Waals surface area contributed by atoms with Crippen molar-refractivity contribution in [3.05, 3.63) is 47.1 Å². The molecule has 0 spiro atoms. The molecule has 26 heavy (non-hydrogen) atoms. The third kappa shape index (κ3) is 4.91. The standard InChI is InChI=1S/C20H28N4O2/c1-14-4-6-17(7-5-14)18(24-10-8-15(2)9-11-24)13-21-20(25)12-19-22-16(3)26-23-19/h4-7,15,18H,8-13H2,1-3H3,(H,21,25). The van der Waals surface area contributed by atoms with Gasteiger partial charge in [0, 0.05) is 13.5 Å². The van der Waals surface area contributed by atoms with Crippen LogP contribution in [0.4, 0.5) is 0 Å². The maximum atomic E-state index is 12.3. The summed E-state index contributed by atoms with van der Waals surface area (Å²) in [6, 6.07) is 8.82. The van der Waals surface area contributed by atoms with Gasteiger partial charge in [0.05, 0.1) is 12.5 Å². The number of hydrogen-bond donors (Lipinski definition) is 1. The molecule has 1 atom stereocenters. The van der Waals surface area contributed by atoms with Gasteiger partial charge >= 0.3 is 0 Å². The molecule has 0 radical (unpaired) electrons. The van der Waals surface area contributed by atoms with Crippen LogP contribution in [0.25, 0.3) is 0 Å². The molecular weight excluding hydrogens is 328 g/mol. The largest absolute Gasteiger partial charge is 0.354 e. The molecule has 1 N–H and O–H groups in total. The molecule has 3 rings (SSSR count). The molecule has 1 amide bonds. The van der Waals surface area contributed by atoms with Crippen LogP contribution in [0, 0.1) is 19.8 Å². The summed E-state index contributed by atoms with van der Waals surface area (Å²) in [7, 11) is 0. The molecule has 1 saturated heterocycles. The fraction of sp³-hybridized carbons (Fsp3) is 0.550. The minimum Gasteiger partial charge on any atom is -0.354 e. The van der Waals surface area contributed by atoms with Crippen LogP contribution < -0.4 is 5.32 Å². The van der Waals surface area contributed by atoms with E-state index < -0.39 is 0 Å². The quantitative estimate of drug-likeness (QED) is 0.862. The zero-order chi connectivity index (χ0) is 18.5. The highest BCUT2D eigenvalue weighted by atomic mass is 16.5. The van der Waals surface area contributed by atoms with Crippen LogP contribution in [-0.2, 0) is 11.2 Å². The molecule has 0 aliphatic carbocycles. The van der Waals surface area contributed by atoms with E-state index in [0.717, 1.165) is 19.0 Å². The Bertz CT molecular complexity index is 718. The molecule has 2 aromatic rings. The normalized spacial score (nSPS) is 17.2. The Kier molecular flexibility index (Phi) is 6.04. The maximum Gasteiger partial charge on any atom is 0.227 e. The highest BCUT2D eigenvalue weighted by Gasteiger charge is 2.25. The molecule has 1 aromatic heterocycles. The summed E-state index contributed by atoms with van der Waals surface area (Å²) in [5, 5.41) is 6.85. The Hall–Kier alpha value is -2.21. The summed E-state index contributed by atoms with van der Waals surface area (Å²) >= 11 is 0. The van der Waals surface area contributed by atoms with Gasteiger partial charge in [-0.15, -0.1) is 0 Å². The van der Waals surface area contributed by atoms with E-state index >= 15 is 0 Å². The molecule has 0 bridgehead atoms. The van der Waals surface area contributed by atoms with Crippen molar-refractivity contribution >= 4 is 5.91 Å². The first-order chi connectivity index (χ1) is 12.5. The van der Waals surface area contributed by atoms with Gasteiger partial charge in [0.2, 0.25) is 11.8 Å². The molecule has 1 unspecified atom stereocenters. The lowest BCUT2D eigenvalue weighted by molar-refractivity contribution is -0.120. The predicted molar refractivity (Wildman–Crippen MR) is 99.6 cm³/mol. The lowest BCUT2D eigenvalue weighted by atomic mass is 9.95. The minimum atomic E-state index is -0.0757. The van der Waals surface area contributed by atoms with Gasteiger partial charge in [-0.1, -0.05) is 41.9 Å². The van der Waals surface area contributed by atoms with Crippen LogP contribution in [0.2, 0.25) is 0 Å². The lowest BCUT2D eigenvalue weighted by Crippen LogP contribution is -2.42. The molecule has 1 aromatic carbocycles. The van der Waals surface area contributed by atoms with E-state index in [9.17, 15) is 4.79 Å². The number of piperidine rings is 1. The molecule has 0 saturated carbocycles. The Balaban J connectivity index is 1.65. The highest BCUT2D eigenvalue weighted by Crippen LogP contribution is 2.26. The summed E-state index contributed by atoms with van der Waals surface area (Å²) < 4.78 is 4.93. The summed E-state index contributed by atoms with van der Waals surface area (Å²) in [6.07, 6.45) is 2.56. The fourth-order valence-corrected chi connectivity index (χ4v) is 3.42. The fourth-order valence-electron chi connectivity index (χ4n) is 3.42. The van der Waals surface area contributed by atoms with Gasteiger partial charge < -0.3 is 9.84 Å². The number of aromatic nitrogens is 2. The van der Waals surface area contributed by atoms with Crippen LogP contribution in [0.1, 0.15) is 48.6 Å². The third-order valence-electron chi connectivity index (χ3n) is 5.10. The Labute approximate surface area is 155 Å². The van der Waals surface area contributed by atoms with Crippen molar-refractivity contribution in [2.75, 3.05) is 19.6 Å². The average Bonchev–Trinajstić information content (AvgIpc) is 3.03. The predicted octanol–water partition coefficient (Wildman–Crippen LogP) is 2.82. The van der Waals surface area contributed by atoms with E-state index in [1.807, 2.05) is 0 Å². The van der Waals surface area contributed by atoms with Crippen molar-refractivity contribution in [3.63, 3.8) is 0 Å². The van der Waals surface area contributed by atoms with Crippen LogP contribution in [0.15, 0.2) is 28.8 Å². The van der Waals surface area contributed by atoms with Crippen molar-refractivity contribution < 1.29 is 9.32 Å². The number of nitrogens with zero attached hydrogens (tertiary/aromatic N) is 3. The van der Waals surface area contributed by atoms with Crippen molar-refractivity contribution in [1.82, 2.24) is 20.4 Å². The molecule has 1 aliphatic rings. The van der Waals surface area contributed by atoms with E-state index in [1.54, 1.807) is 6.92 Å². The molecule has 6 nitrogen and oxygen atoms in total. The van der Waals surface area contributed by atoms with E-state index in [-0.39, 0.29) is 18.4 Å². The Morgan fingerprint density at radius 3 is 2.58 bits per heavy atom. The highest BCUT2D eigenvalue weighted by molar-refractivity contribution is 5.77. The van der Waals surface area contributed by atoms with E-state index in [0.29, 0.717) is 18.3 Å². The van der Waals surface area contributed by atoms with Crippen LogP contribution >= 0.6 is 0 Å². The van der Waals surface area contributed by atoms with Crippen LogP contribution in [0.3, 0.4) is 0 Å². The number of nitrogens with one attached hydrogen (secondary N) is 1. The third-order valence-corrected chi connectivity index (χ3v) is 5.10. The second kappa shape index (κ2) is 8.45. The molecule has 1 aliphatic heterocycles. The number of hydrogen-bond acceptors (Lipinski definition) is 5.